The van der Waals surface area contributed by atoms with Crippen LogP contribution in [0.2, 0.25) is 0 Å². The summed E-state index contributed by atoms with van der Waals surface area (Å²) in [6.07, 6.45) is 8.19. The second-order valence-electron chi connectivity index (χ2n) is 7.66. The maximum Gasteiger partial charge on any atom is 0.124 e. The molecule has 1 nitrogen and oxygen atoms in total. The van der Waals surface area contributed by atoms with E-state index >= 15 is 0 Å². The second kappa shape index (κ2) is 6.94. The quantitative estimate of drug-likeness (QED) is 0.462. The average Bonchev–Trinajstić information content (AvgIpc) is 2.98. The smallest absolute Gasteiger partial charge is 0.124 e. The molecular formula is C22H23ClFNS. The maximum atomic E-state index is 14.0. The summed E-state index contributed by atoms with van der Waals surface area (Å²) >= 11 is 1.88. The first-order chi connectivity index (χ1) is 12.2. The topological polar surface area (TPSA) is 12.9 Å². The molecule has 136 valence electrons. The van der Waals surface area contributed by atoms with Gasteiger partial charge in [-0.05, 0) is 85.3 Å². The molecule has 5 rings (SSSR count). The minimum Gasteiger partial charge on any atom is -0.242 e. The highest BCUT2D eigenvalue weighted by Crippen LogP contribution is 2.45. The fourth-order valence-electron chi connectivity index (χ4n) is 4.60. The lowest BCUT2D eigenvalue weighted by atomic mass is 9.81. The normalized spacial score (nSPS) is 18.9. The van der Waals surface area contributed by atoms with Gasteiger partial charge in [0.1, 0.15) is 10.6 Å². The third kappa shape index (κ3) is 2.86. The van der Waals surface area contributed by atoms with Crippen molar-refractivity contribution in [2.75, 3.05) is 0 Å². The van der Waals surface area contributed by atoms with Gasteiger partial charge in [-0.25, -0.2) is 9.37 Å². The van der Waals surface area contributed by atoms with Crippen LogP contribution in [0.5, 0.6) is 0 Å². The van der Waals surface area contributed by atoms with Crippen molar-refractivity contribution in [3.8, 4) is 11.1 Å². The van der Waals surface area contributed by atoms with E-state index in [1.165, 1.54) is 63.2 Å². The first kappa shape index (κ1) is 17.9. The molecule has 4 heteroatoms. The van der Waals surface area contributed by atoms with Crippen molar-refractivity contribution < 1.29 is 4.39 Å². The molecule has 0 spiro atoms. The van der Waals surface area contributed by atoms with Crippen molar-refractivity contribution in [1.29, 1.82) is 0 Å². The Labute approximate surface area is 164 Å². The fourth-order valence-corrected chi connectivity index (χ4v) is 5.89. The van der Waals surface area contributed by atoms with Crippen LogP contribution in [0.3, 0.4) is 0 Å². The standard InChI is InChI=1S/C22H22FNS.ClH/c1-13-9-10-18-17(11-13)20(14-5-4-6-15(23)12-14)21-16-7-2-3-8-19(16)25-22(21)24-18;/h4-6,12-13H,2-3,7-11H2,1H3;1H. The van der Waals surface area contributed by atoms with Crippen LogP contribution in [0.1, 0.15) is 47.9 Å². The molecule has 1 aromatic carbocycles. The highest BCUT2D eigenvalue weighted by atomic mass is 35.5. The van der Waals surface area contributed by atoms with E-state index in [2.05, 4.69) is 13.0 Å². The number of pyridine rings is 1. The van der Waals surface area contributed by atoms with Crippen molar-refractivity contribution in [2.24, 2.45) is 5.92 Å². The number of halogens is 2. The minimum atomic E-state index is -0.149. The summed E-state index contributed by atoms with van der Waals surface area (Å²) in [5, 5.41) is 1.33. The molecule has 2 aromatic heterocycles. The Balaban J connectivity index is 0.00000168. The summed E-state index contributed by atoms with van der Waals surface area (Å²) < 4.78 is 14.0. The van der Waals surface area contributed by atoms with Gasteiger partial charge in [0.25, 0.3) is 0 Å². The van der Waals surface area contributed by atoms with Crippen LogP contribution >= 0.6 is 23.7 Å². The molecular weight excluding hydrogens is 365 g/mol. The highest BCUT2D eigenvalue weighted by Gasteiger charge is 2.27. The predicted molar refractivity (Wildman–Crippen MR) is 110 cm³/mol. The van der Waals surface area contributed by atoms with Gasteiger partial charge >= 0.3 is 0 Å². The van der Waals surface area contributed by atoms with Crippen LogP contribution in [-0.2, 0) is 25.7 Å². The lowest BCUT2D eigenvalue weighted by molar-refractivity contribution is 0.496. The number of hydrogen-bond acceptors (Lipinski definition) is 2. The van der Waals surface area contributed by atoms with Gasteiger partial charge in [-0.1, -0.05) is 19.1 Å². The van der Waals surface area contributed by atoms with Gasteiger partial charge in [0.15, 0.2) is 0 Å². The molecule has 0 saturated carbocycles. The van der Waals surface area contributed by atoms with Crippen molar-refractivity contribution in [3.05, 3.63) is 51.8 Å². The number of fused-ring (bicyclic) bond motifs is 4. The van der Waals surface area contributed by atoms with Gasteiger partial charge < -0.3 is 0 Å². The number of nitrogens with zero attached hydrogens (tertiary/aromatic N) is 1. The predicted octanol–water partition coefficient (Wildman–Crippen LogP) is 6.53. The van der Waals surface area contributed by atoms with Gasteiger partial charge in [0.05, 0.1) is 0 Å². The monoisotopic (exact) mass is 387 g/mol. The molecule has 1 unspecified atom stereocenters. The summed E-state index contributed by atoms with van der Waals surface area (Å²) in [6, 6.07) is 7.17. The van der Waals surface area contributed by atoms with Crippen molar-refractivity contribution in [1.82, 2.24) is 4.98 Å². The molecule has 0 amide bonds. The van der Waals surface area contributed by atoms with E-state index in [1.807, 2.05) is 17.4 Å². The summed E-state index contributed by atoms with van der Waals surface area (Å²) in [7, 11) is 0. The second-order valence-corrected chi connectivity index (χ2v) is 8.75. The van der Waals surface area contributed by atoms with E-state index in [-0.39, 0.29) is 18.2 Å². The van der Waals surface area contributed by atoms with Crippen LogP contribution in [0.4, 0.5) is 4.39 Å². The minimum absolute atomic E-state index is 0. The van der Waals surface area contributed by atoms with E-state index in [0.717, 1.165) is 24.8 Å². The lowest BCUT2D eigenvalue weighted by Gasteiger charge is -2.25. The highest BCUT2D eigenvalue weighted by molar-refractivity contribution is 7.19. The van der Waals surface area contributed by atoms with Crippen LogP contribution in [0.15, 0.2) is 24.3 Å². The third-order valence-corrected chi connectivity index (χ3v) is 7.01. The number of thiophene rings is 1. The molecule has 26 heavy (non-hydrogen) atoms. The van der Waals surface area contributed by atoms with Crippen molar-refractivity contribution in [3.63, 3.8) is 0 Å². The van der Waals surface area contributed by atoms with Crippen molar-refractivity contribution >= 4 is 34.0 Å². The Bertz CT molecular complexity index is 978. The average molecular weight is 388 g/mol. The molecule has 2 aliphatic rings. The molecule has 0 radical (unpaired) electrons. The fraction of sp³-hybridized carbons (Fsp3) is 0.409. The molecule has 0 N–H and O–H groups in total. The summed E-state index contributed by atoms with van der Waals surface area (Å²) in [4.78, 5) is 7.78. The van der Waals surface area contributed by atoms with E-state index < -0.39 is 0 Å². The zero-order chi connectivity index (χ0) is 17.0. The Hall–Kier alpha value is -1.45. The zero-order valence-corrected chi connectivity index (χ0v) is 16.6. The molecule has 0 fully saturated rings. The Morgan fingerprint density at radius 3 is 2.81 bits per heavy atom. The first-order valence-corrected chi connectivity index (χ1v) is 10.2. The molecule has 0 aliphatic heterocycles. The van der Waals surface area contributed by atoms with Gasteiger partial charge in [0.2, 0.25) is 0 Å². The molecule has 3 aromatic rings. The Morgan fingerprint density at radius 1 is 1.12 bits per heavy atom. The largest absolute Gasteiger partial charge is 0.242 e. The lowest BCUT2D eigenvalue weighted by Crippen LogP contribution is -2.14. The van der Waals surface area contributed by atoms with Crippen LogP contribution in [0.25, 0.3) is 21.3 Å². The van der Waals surface area contributed by atoms with Gasteiger partial charge in [-0.2, -0.15) is 0 Å². The molecule has 0 bridgehead atoms. The summed E-state index contributed by atoms with van der Waals surface area (Å²) in [6.45, 7) is 2.32. The molecule has 1 atom stereocenters. The van der Waals surface area contributed by atoms with Crippen LogP contribution < -0.4 is 0 Å². The number of hydrogen-bond donors (Lipinski definition) is 0. The number of aromatic nitrogens is 1. The number of rotatable bonds is 1. The first-order valence-electron chi connectivity index (χ1n) is 9.42. The molecule has 2 heterocycles. The van der Waals surface area contributed by atoms with E-state index in [4.69, 9.17) is 4.98 Å². The number of benzene rings is 1. The Kier molecular flexibility index (Phi) is 4.79. The van der Waals surface area contributed by atoms with E-state index in [1.54, 1.807) is 12.1 Å². The van der Waals surface area contributed by atoms with Gasteiger partial charge in [-0.3, -0.25) is 0 Å². The third-order valence-electron chi connectivity index (χ3n) is 5.83. The van der Waals surface area contributed by atoms with E-state index in [0.29, 0.717) is 5.92 Å². The van der Waals surface area contributed by atoms with Gasteiger partial charge in [0, 0.05) is 16.0 Å². The van der Waals surface area contributed by atoms with Crippen LogP contribution in [-0.4, -0.2) is 4.98 Å². The maximum absolute atomic E-state index is 14.0. The summed E-state index contributed by atoms with van der Waals surface area (Å²) in [5.41, 5.74) is 6.44. The number of aryl methyl sites for hydroxylation is 3. The van der Waals surface area contributed by atoms with E-state index in [9.17, 15) is 4.39 Å². The zero-order valence-electron chi connectivity index (χ0n) is 15.0. The Morgan fingerprint density at radius 2 is 1.96 bits per heavy atom. The van der Waals surface area contributed by atoms with Gasteiger partial charge in [-0.15, -0.1) is 23.7 Å². The molecule has 0 saturated heterocycles. The molecule has 2 aliphatic carbocycles. The SMILES string of the molecule is CC1CCc2nc3sc4c(c3c(-c3cccc(F)c3)c2C1)CCCC4.Cl. The van der Waals surface area contributed by atoms with Crippen LogP contribution in [0, 0.1) is 11.7 Å². The summed E-state index contributed by atoms with van der Waals surface area (Å²) in [5.74, 6) is 0.526. The van der Waals surface area contributed by atoms with Crippen molar-refractivity contribution in [2.45, 2.75) is 51.9 Å².